The fraction of sp³-hybridized carbons (Fsp3) is 0.333. The zero-order valence-corrected chi connectivity index (χ0v) is 10.8. The van der Waals surface area contributed by atoms with Gasteiger partial charge in [0.25, 0.3) is 0 Å². The molecule has 2 rings (SSSR count). The van der Waals surface area contributed by atoms with Gasteiger partial charge in [0, 0.05) is 23.1 Å². The Hall–Kier alpha value is -1.36. The van der Waals surface area contributed by atoms with Crippen molar-refractivity contribution in [1.29, 1.82) is 0 Å². The summed E-state index contributed by atoms with van der Waals surface area (Å²) in [5, 5.41) is 5.54. The van der Waals surface area contributed by atoms with Crippen molar-refractivity contribution < 1.29 is 9.59 Å². The maximum atomic E-state index is 11.5. The van der Waals surface area contributed by atoms with Gasteiger partial charge in [-0.15, -0.1) is 0 Å². The van der Waals surface area contributed by atoms with E-state index in [0.29, 0.717) is 19.4 Å². The van der Waals surface area contributed by atoms with E-state index in [1.165, 1.54) is 0 Å². The molecule has 1 aliphatic rings. The summed E-state index contributed by atoms with van der Waals surface area (Å²) >= 11 is 3.36. The molecular weight excluding hydrogens is 284 g/mol. The fourth-order valence-electron chi connectivity index (χ4n) is 1.74. The first-order valence-corrected chi connectivity index (χ1v) is 6.27. The Labute approximate surface area is 108 Å². The maximum absolute atomic E-state index is 11.5. The molecule has 1 aliphatic heterocycles. The number of hydrogen-bond donors (Lipinski definition) is 2. The van der Waals surface area contributed by atoms with E-state index < -0.39 is 0 Å². The molecule has 17 heavy (non-hydrogen) atoms. The normalized spacial score (nSPS) is 19.9. The van der Waals surface area contributed by atoms with E-state index in [2.05, 4.69) is 26.6 Å². The Kier molecular flexibility index (Phi) is 3.78. The molecule has 90 valence electrons. The monoisotopic (exact) mass is 296 g/mol. The Bertz CT molecular complexity index is 431. The molecule has 5 heteroatoms. The van der Waals surface area contributed by atoms with Gasteiger partial charge in [-0.1, -0.05) is 15.9 Å². The molecule has 4 nitrogen and oxygen atoms in total. The summed E-state index contributed by atoms with van der Waals surface area (Å²) in [5.41, 5.74) is 0.970. The summed E-state index contributed by atoms with van der Waals surface area (Å²) < 4.78 is 1.02. The third-order valence-corrected chi connectivity index (χ3v) is 3.28. The van der Waals surface area contributed by atoms with Gasteiger partial charge < -0.3 is 5.32 Å². The molecule has 1 atom stereocenters. The summed E-state index contributed by atoms with van der Waals surface area (Å²) in [6, 6.07) is 7.76. The number of carbonyl (C=O) groups is 2. The SMILES string of the molecule is O=C1CCC(CNc2ccc(Br)cc2)C(=O)N1. The predicted molar refractivity (Wildman–Crippen MR) is 68.5 cm³/mol. The molecule has 0 spiro atoms. The number of benzene rings is 1. The average Bonchev–Trinajstić information content (AvgIpc) is 2.30. The second-order valence-corrected chi connectivity index (χ2v) is 4.95. The summed E-state index contributed by atoms with van der Waals surface area (Å²) in [6.07, 6.45) is 1.05. The third kappa shape index (κ3) is 3.30. The average molecular weight is 297 g/mol. The van der Waals surface area contributed by atoms with Crippen molar-refractivity contribution in [3.05, 3.63) is 28.7 Å². The number of rotatable bonds is 3. The predicted octanol–water partition coefficient (Wildman–Crippen LogP) is 1.91. The van der Waals surface area contributed by atoms with Gasteiger partial charge in [-0.2, -0.15) is 0 Å². The van der Waals surface area contributed by atoms with Gasteiger partial charge in [0.15, 0.2) is 0 Å². The number of amides is 2. The minimum Gasteiger partial charge on any atom is -0.384 e. The van der Waals surface area contributed by atoms with Gasteiger partial charge in [0.05, 0.1) is 5.92 Å². The second-order valence-electron chi connectivity index (χ2n) is 4.04. The van der Waals surface area contributed by atoms with E-state index in [4.69, 9.17) is 0 Å². The van der Waals surface area contributed by atoms with Gasteiger partial charge in [0.2, 0.25) is 11.8 Å². The molecule has 0 aliphatic carbocycles. The Morgan fingerprint density at radius 2 is 2.00 bits per heavy atom. The van der Waals surface area contributed by atoms with Crippen molar-refractivity contribution >= 4 is 33.4 Å². The first kappa shape index (κ1) is 12.1. The lowest BCUT2D eigenvalue weighted by Gasteiger charge is -2.21. The molecule has 0 radical (unpaired) electrons. The molecule has 2 N–H and O–H groups in total. The van der Waals surface area contributed by atoms with Crippen molar-refractivity contribution in [2.45, 2.75) is 12.8 Å². The van der Waals surface area contributed by atoms with E-state index in [1.54, 1.807) is 0 Å². The molecule has 1 saturated heterocycles. The molecule has 1 heterocycles. The van der Waals surface area contributed by atoms with E-state index in [-0.39, 0.29) is 17.7 Å². The van der Waals surface area contributed by atoms with Crippen LogP contribution in [0.25, 0.3) is 0 Å². The van der Waals surface area contributed by atoms with Crippen LogP contribution in [0, 0.1) is 5.92 Å². The van der Waals surface area contributed by atoms with Gasteiger partial charge in [-0.3, -0.25) is 14.9 Å². The fourth-order valence-corrected chi connectivity index (χ4v) is 2.01. The van der Waals surface area contributed by atoms with Gasteiger partial charge >= 0.3 is 0 Å². The van der Waals surface area contributed by atoms with Crippen LogP contribution in [0.4, 0.5) is 5.69 Å². The van der Waals surface area contributed by atoms with Crippen LogP contribution in [0.2, 0.25) is 0 Å². The Morgan fingerprint density at radius 1 is 1.29 bits per heavy atom. The highest BCUT2D eigenvalue weighted by molar-refractivity contribution is 9.10. The lowest BCUT2D eigenvalue weighted by molar-refractivity contribution is -0.135. The van der Waals surface area contributed by atoms with E-state index in [1.807, 2.05) is 24.3 Å². The minimum atomic E-state index is -0.175. The summed E-state index contributed by atoms with van der Waals surface area (Å²) in [6.45, 7) is 0.556. The molecule has 2 amide bonds. The molecule has 0 saturated carbocycles. The Balaban J connectivity index is 1.88. The van der Waals surface area contributed by atoms with Crippen LogP contribution in [0.5, 0.6) is 0 Å². The molecule has 1 aromatic rings. The largest absolute Gasteiger partial charge is 0.384 e. The molecule has 0 aromatic heterocycles. The highest BCUT2D eigenvalue weighted by Gasteiger charge is 2.25. The van der Waals surface area contributed by atoms with E-state index in [0.717, 1.165) is 10.2 Å². The number of halogens is 1. The number of imide groups is 1. The molecule has 1 unspecified atom stereocenters. The number of anilines is 1. The van der Waals surface area contributed by atoms with Crippen molar-refractivity contribution in [3.63, 3.8) is 0 Å². The third-order valence-electron chi connectivity index (χ3n) is 2.75. The number of hydrogen-bond acceptors (Lipinski definition) is 3. The second kappa shape index (κ2) is 5.31. The van der Waals surface area contributed by atoms with Crippen LogP contribution in [0.1, 0.15) is 12.8 Å². The smallest absolute Gasteiger partial charge is 0.231 e. The van der Waals surface area contributed by atoms with E-state index >= 15 is 0 Å². The van der Waals surface area contributed by atoms with Crippen LogP contribution >= 0.6 is 15.9 Å². The topological polar surface area (TPSA) is 58.2 Å². The molecular formula is C12H13BrN2O2. The standard InChI is InChI=1S/C12H13BrN2O2/c13-9-2-4-10(5-3-9)14-7-8-1-6-11(16)15-12(8)17/h2-5,8,14H,1,6-7H2,(H,15,16,17). The van der Waals surface area contributed by atoms with Crippen molar-refractivity contribution in [2.24, 2.45) is 5.92 Å². The van der Waals surface area contributed by atoms with Crippen LogP contribution in [-0.4, -0.2) is 18.4 Å². The van der Waals surface area contributed by atoms with Crippen LogP contribution < -0.4 is 10.6 Å². The summed E-state index contributed by atoms with van der Waals surface area (Å²) in [5.74, 6) is -0.475. The molecule has 1 aromatic carbocycles. The van der Waals surface area contributed by atoms with Crippen molar-refractivity contribution in [3.8, 4) is 0 Å². The molecule has 1 fully saturated rings. The minimum absolute atomic E-state index is 0.128. The van der Waals surface area contributed by atoms with Crippen molar-refractivity contribution in [1.82, 2.24) is 5.32 Å². The highest BCUT2D eigenvalue weighted by Crippen LogP contribution is 2.16. The zero-order chi connectivity index (χ0) is 12.3. The van der Waals surface area contributed by atoms with E-state index in [9.17, 15) is 9.59 Å². The lowest BCUT2D eigenvalue weighted by Crippen LogP contribution is -2.43. The Morgan fingerprint density at radius 3 is 2.65 bits per heavy atom. The number of nitrogens with one attached hydrogen (secondary N) is 2. The number of piperidine rings is 1. The summed E-state index contributed by atoms with van der Waals surface area (Å²) in [4.78, 5) is 22.5. The first-order valence-electron chi connectivity index (χ1n) is 5.48. The highest BCUT2D eigenvalue weighted by atomic mass is 79.9. The first-order chi connectivity index (χ1) is 8.15. The van der Waals surface area contributed by atoms with Crippen LogP contribution in [0.15, 0.2) is 28.7 Å². The number of carbonyl (C=O) groups excluding carboxylic acids is 2. The summed E-state index contributed by atoms with van der Waals surface area (Å²) in [7, 11) is 0. The zero-order valence-electron chi connectivity index (χ0n) is 9.20. The maximum Gasteiger partial charge on any atom is 0.231 e. The lowest BCUT2D eigenvalue weighted by atomic mass is 9.98. The van der Waals surface area contributed by atoms with Gasteiger partial charge in [-0.25, -0.2) is 0 Å². The van der Waals surface area contributed by atoms with Gasteiger partial charge in [0.1, 0.15) is 0 Å². The van der Waals surface area contributed by atoms with Crippen LogP contribution in [-0.2, 0) is 9.59 Å². The van der Waals surface area contributed by atoms with Crippen molar-refractivity contribution in [2.75, 3.05) is 11.9 Å². The van der Waals surface area contributed by atoms with Crippen LogP contribution in [0.3, 0.4) is 0 Å². The quantitative estimate of drug-likeness (QED) is 0.838. The molecule has 0 bridgehead atoms. The van der Waals surface area contributed by atoms with Gasteiger partial charge in [-0.05, 0) is 30.7 Å².